The van der Waals surface area contributed by atoms with Gasteiger partial charge in [-0.15, -0.1) is 10.2 Å². The highest BCUT2D eigenvalue weighted by Crippen LogP contribution is 2.39. The van der Waals surface area contributed by atoms with E-state index >= 15 is 0 Å². The molecule has 5 nitrogen and oxygen atoms in total. The predicted octanol–water partition coefficient (Wildman–Crippen LogP) is 1.84. The minimum absolute atomic E-state index is 0.0249. The molecule has 2 aromatic rings. The maximum Gasteiger partial charge on any atom is 0.163 e. The molecule has 2 aromatic heterocycles. The predicted molar refractivity (Wildman–Crippen MR) is 73.9 cm³/mol. The lowest BCUT2D eigenvalue weighted by molar-refractivity contribution is 0.235. The first-order valence-corrected chi connectivity index (χ1v) is 7.02. The first-order valence-electron chi connectivity index (χ1n) is 7.02. The molecule has 5 heteroatoms. The van der Waals surface area contributed by atoms with Gasteiger partial charge in [0.15, 0.2) is 5.65 Å². The van der Waals surface area contributed by atoms with E-state index in [1.807, 2.05) is 23.7 Å². The second kappa shape index (κ2) is 4.56. The molecule has 1 fully saturated rings. The van der Waals surface area contributed by atoms with E-state index in [1.165, 1.54) is 12.8 Å². The zero-order valence-electron chi connectivity index (χ0n) is 11.6. The molecule has 1 saturated carbocycles. The van der Waals surface area contributed by atoms with Crippen molar-refractivity contribution in [1.82, 2.24) is 19.6 Å². The van der Waals surface area contributed by atoms with Gasteiger partial charge in [-0.3, -0.25) is 4.40 Å². The van der Waals surface area contributed by atoms with E-state index in [2.05, 4.69) is 22.1 Å². The Kier molecular flexibility index (Phi) is 3.01. The third-order valence-electron chi connectivity index (χ3n) is 4.53. The van der Waals surface area contributed by atoms with Crippen LogP contribution in [-0.2, 0) is 5.41 Å². The van der Waals surface area contributed by atoms with Crippen molar-refractivity contribution in [3.63, 3.8) is 0 Å². The number of hydrogen-bond acceptors (Lipinski definition) is 4. The summed E-state index contributed by atoms with van der Waals surface area (Å²) in [4.78, 5) is 4.36. The van der Waals surface area contributed by atoms with E-state index in [1.54, 1.807) is 0 Å². The molecule has 102 valence electrons. The van der Waals surface area contributed by atoms with Crippen LogP contribution >= 0.6 is 0 Å². The van der Waals surface area contributed by atoms with E-state index in [9.17, 15) is 0 Å². The van der Waals surface area contributed by atoms with E-state index < -0.39 is 0 Å². The van der Waals surface area contributed by atoms with Crippen molar-refractivity contribution in [3.8, 4) is 0 Å². The highest BCUT2D eigenvalue weighted by molar-refractivity contribution is 5.39. The molecule has 0 unspecified atom stereocenters. The highest BCUT2D eigenvalue weighted by Gasteiger charge is 2.38. The van der Waals surface area contributed by atoms with Gasteiger partial charge in [0.1, 0.15) is 12.2 Å². The van der Waals surface area contributed by atoms with Gasteiger partial charge in [-0.2, -0.15) is 0 Å². The SMILES string of the molecule is Cc1cc2nnc(C3(CN)CCC(C)CC3)n2cn1. The lowest BCUT2D eigenvalue weighted by Crippen LogP contribution is -2.40. The van der Waals surface area contributed by atoms with Gasteiger partial charge in [-0.25, -0.2) is 4.98 Å². The molecule has 2 N–H and O–H groups in total. The Morgan fingerprint density at radius 1 is 1.37 bits per heavy atom. The van der Waals surface area contributed by atoms with Crippen LogP contribution in [0.5, 0.6) is 0 Å². The van der Waals surface area contributed by atoms with Gasteiger partial charge in [0.05, 0.1) is 0 Å². The van der Waals surface area contributed by atoms with Gasteiger partial charge in [-0.1, -0.05) is 6.92 Å². The lowest BCUT2D eigenvalue weighted by Gasteiger charge is -2.37. The molecule has 3 rings (SSSR count). The summed E-state index contributed by atoms with van der Waals surface area (Å²) in [7, 11) is 0. The monoisotopic (exact) mass is 259 g/mol. The maximum absolute atomic E-state index is 6.09. The van der Waals surface area contributed by atoms with Crippen LogP contribution in [0.1, 0.15) is 44.1 Å². The summed E-state index contributed by atoms with van der Waals surface area (Å²) < 4.78 is 2.01. The second-order valence-electron chi connectivity index (χ2n) is 5.95. The van der Waals surface area contributed by atoms with E-state index in [0.717, 1.165) is 35.9 Å². The quantitative estimate of drug-likeness (QED) is 0.893. The molecule has 0 radical (unpaired) electrons. The van der Waals surface area contributed by atoms with E-state index in [4.69, 9.17) is 5.73 Å². The molecule has 0 aromatic carbocycles. The van der Waals surface area contributed by atoms with Gasteiger partial charge < -0.3 is 5.73 Å². The molecule has 0 spiro atoms. The summed E-state index contributed by atoms with van der Waals surface area (Å²) in [5, 5.41) is 8.71. The molecular weight excluding hydrogens is 238 g/mol. The van der Waals surface area contributed by atoms with Crippen molar-refractivity contribution >= 4 is 5.65 Å². The first-order chi connectivity index (χ1) is 9.14. The van der Waals surface area contributed by atoms with Crippen LogP contribution in [0.3, 0.4) is 0 Å². The standard InChI is InChI=1S/C14H21N5/c1-10-3-5-14(8-15,6-4-10)13-18-17-12-7-11(2)16-9-19(12)13/h7,9-10H,3-6,8,15H2,1-2H3. The Morgan fingerprint density at radius 2 is 2.11 bits per heavy atom. The largest absolute Gasteiger partial charge is 0.329 e. The van der Waals surface area contributed by atoms with Crippen molar-refractivity contribution in [2.75, 3.05) is 6.54 Å². The van der Waals surface area contributed by atoms with Crippen LogP contribution in [0.15, 0.2) is 12.4 Å². The Labute approximate surface area is 113 Å². The van der Waals surface area contributed by atoms with Gasteiger partial charge in [0, 0.05) is 23.7 Å². The lowest BCUT2D eigenvalue weighted by atomic mass is 9.70. The fourth-order valence-electron chi connectivity index (χ4n) is 3.08. The summed E-state index contributed by atoms with van der Waals surface area (Å²) >= 11 is 0. The zero-order chi connectivity index (χ0) is 13.5. The van der Waals surface area contributed by atoms with Crippen molar-refractivity contribution in [2.45, 2.75) is 44.9 Å². The minimum Gasteiger partial charge on any atom is -0.329 e. The van der Waals surface area contributed by atoms with E-state index in [-0.39, 0.29) is 5.41 Å². The average Bonchev–Trinajstić information content (AvgIpc) is 2.83. The summed E-state index contributed by atoms with van der Waals surface area (Å²) in [6.45, 7) is 4.91. The van der Waals surface area contributed by atoms with Crippen molar-refractivity contribution in [3.05, 3.63) is 23.9 Å². The first kappa shape index (κ1) is 12.5. The van der Waals surface area contributed by atoms with Crippen LogP contribution in [0.2, 0.25) is 0 Å². The maximum atomic E-state index is 6.09. The number of hydrogen-bond donors (Lipinski definition) is 1. The molecule has 2 heterocycles. The molecule has 19 heavy (non-hydrogen) atoms. The van der Waals surface area contributed by atoms with Gasteiger partial charge in [-0.05, 0) is 38.5 Å². The van der Waals surface area contributed by atoms with Crippen LogP contribution in [-0.4, -0.2) is 26.1 Å². The smallest absolute Gasteiger partial charge is 0.163 e. The molecule has 0 bridgehead atoms. The summed E-state index contributed by atoms with van der Waals surface area (Å²) in [5.41, 5.74) is 7.90. The number of nitrogens with two attached hydrogens (primary N) is 1. The molecular formula is C14H21N5. The van der Waals surface area contributed by atoms with Crippen LogP contribution < -0.4 is 5.73 Å². The molecule has 0 amide bonds. The third kappa shape index (κ3) is 2.02. The fraction of sp³-hybridized carbons (Fsp3) is 0.643. The second-order valence-corrected chi connectivity index (χ2v) is 5.95. The third-order valence-corrected chi connectivity index (χ3v) is 4.53. The highest BCUT2D eigenvalue weighted by atomic mass is 15.3. The Balaban J connectivity index is 2.06. The van der Waals surface area contributed by atoms with Gasteiger partial charge in [0.25, 0.3) is 0 Å². The minimum atomic E-state index is -0.0249. The molecule has 0 saturated heterocycles. The Hall–Kier alpha value is -1.49. The van der Waals surface area contributed by atoms with E-state index in [0.29, 0.717) is 6.54 Å². The molecule has 1 aliphatic rings. The van der Waals surface area contributed by atoms with Crippen molar-refractivity contribution < 1.29 is 0 Å². The Bertz CT molecular complexity index is 581. The molecule has 0 atom stereocenters. The number of aryl methyl sites for hydroxylation is 1. The number of aromatic nitrogens is 4. The van der Waals surface area contributed by atoms with Crippen molar-refractivity contribution in [1.29, 1.82) is 0 Å². The fourth-order valence-corrected chi connectivity index (χ4v) is 3.08. The normalized spacial score (nSPS) is 27.8. The summed E-state index contributed by atoms with van der Waals surface area (Å²) in [5.74, 6) is 1.78. The van der Waals surface area contributed by atoms with Gasteiger partial charge >= 0.3 is 0 Å². The summed E-state index contributed by atoms with van der Waals surface area (Å²) in [6, 6.07) is 1.96. The van der Waals surface area contributed by atoms with Crippen LogP contribution in [0.25, 0.3) is 5.65 Å². The van der Waals surface area contributed by atoms with Crippen LogP contribution in [0, 0.1) is 12.8 Å². The average molecular weight is 259 g/mol. The molecule has 0 aliphatic heterocycles. The number of rotatable bonds is 2. The van der Waals surface area contributed by atoms with Gasteiger partial charge in [0.2, 0.25) is 0 Å². The topological polar surface area (TPSA) is 69.1 Å². The van der Waals surface area contributed by atoms with Crippen LogP contribution in [0.4, 0.5) is 0 Å². The molecule has 1 aliphatic carbocycles. The Morgan fingerprint density at radius 3 is 2.79 bits per heavy atom. The zero-order valence-corrected chi connectivity index (χ0v) is 11.6. The van der Waals surface area contributed by atoms with Crippen molar-refractivity contribution in [2.24, 2.45) is 11.7 Å². The summed E-state index contributed by atoms with van der Waals surface area (Å²) in [6.07, 6.45) is 6.45. The number of fused-ring (bicyclic) bond motifs is 1. The number of nitrogens with zero attached hydrogens (tertiary/aromatic N) is 4.